The Hall–Kier alpha value is 0.0249. The first kappa shape index (κ1) is 9.02. The van der Waals surface area contributed by atoms with E-state index >= 15 is 0 Å². The van der Waals surface area contributed by atoms with Crippen LogP contribution in [0.4, 0.5) is 0 Å². The Morgan fingerprint density at radius 3 is 2.33 bits per heavy atom. The first-order valence-corrected chi connectivity index (χ1v) is 3.81. The predicted molar refractivity (Wildman–Crippen MR) is 42.7 cm³/mol. The Morgan fingerprint density at radius 1 is 1.44 bits per heavy atom. The Morgan fingerprint density at radius 2 is 2.00 bits per heavy atom. The lowest BCUT2D eigenvalue weighted by Crippen LogP contribution is -2.04. The summed E-state index contributed by atoms with van der Waals surface area (Å²) in [6.45, 7) is 6.16. The minimum Gasteiger partial charge on any atom is -0.451 e. The molecule has 9 heavy (non-hydrogen) atoms. The van der Waals surface area contributed by atoms with E-state index in [9.17, 15) is 0 Å². The van der Waals surface area contributed by atoms with E-state index in [1.807, 2.05) is 6.82 Å². The number of rotatable bonds is 4. The van der Waals surface area contributed by atoms with E-state index in [2.05, 4.69) is 13.8 Å². The van der Waals surface area contributed by atoms with Gasteiger partial charge in [-0.25, -0.2) is 0 Å². The average molecular weight is 128 g/mol. The topological polar surface area (TPSA) is 20.2 Å². The SMILES string of the molecule is CB(O)CCCC(C)C. The summed E-state index contributed by atoms with van der Waals surface area (Å²) in [7, 11) is 0. The fourth-order valence-corrected chi connectivity index (χ4v) is 0.822. The summed E-state index contributed by atoms with van der Waals surface area (Å²) in [6.07, 6.45) is 3.36. The smallest absolute Gasteiger partial charge is 0.285 e. The summed E-state index contributed by atoms with van der Waals surface area (Å²) in [5, 5.41) is 8.87. The van der Waals surface area contributed by atoms with E-state index in [0.717, 1.165) is 18.7 Å². The molecule has 0 heterocycles. The molecule has 0 amide bonds. The van der Waals surface area contributed by atoms with Crippen molar-refractivity contribution in [1.82, 2.24) is 0 Å². The zero-order chi connectivity index (χ0) is 7.28. The highest BCUT2D eigenvalue weighted by molar-refractivity contribution is 6.48. The average Bonchev–Trinajstić information content (AvgIpc) is 1.63. The maximum atomic E-state index is 8.87. The van der Waals surface area contributed by atoms with Gasteiger partial charge in [0.2, 0.25) is 0 Å². The number of hydrogen-bond donors (Lipinski definition) is 1. The van der Waals surface area contributed by atoms with Crippen LogP contribution in [0.2, 0.25) is 13.1 Å². The molecular weight excluding hydrogens is 111 g/mol. The van der Waals surface area contributed by atoms with Gasteiger partial charge in [0.05, 0.1) is 0 Å². The van der Waals surface area contributed by atoms with Crippen molar-refractivity contribution in [3.63, 3.8) is 0 Å². The van der Waals surface area contributed by atoms with Crippen LogP contribution in [0.1, 0.15) is 26.7 Å². The molecule has 1 nitrogen and oxygen atoms in total. The molecule has 0 saturated heterocycles. The van der Waals surface area contributed by atoms with Gasteiger partial charge in [-0.3, -0.25) is 0 Å². The van der Waals surface area contributed by atoms with Crippen molar-refractivity contribution in [3.8, 4) is 0 Å². The van der Waals surface area contributed by atoms with Crippen molar-refractivity contribution in [2.75, 3.05) is 0 Å². The Balaban J connectivity index is 2.91. The zero-order valence-corrected chi connectivity index (χ0v) is 6.72. The molecule has 0 aromatic carbocycles. The Kier molecular flexibility index (Phi) is 4.88. The van der Waals surface area contributed by atoms with Gasteiger partial charge in [-0.05, 0) is 12.2 Å². The van der Waals surface area contributed by atoms with Crippen LogP contribution in [0.15, 0.2) is 0 Å². The van der Waals surface area contributed by atoms with Gasteiger partial charge < -0.3 is 5.02 Å². The quantitative estimate of drug-likeness (QED) is 0.574. The molecule has 0 aromatic rings. The van der Waals surface area contributed by atoms with Gasteiger partial charge in [-0.15, -0.1) is 0 Å². The lowest BCUT2D eigenvalue weighted by molar-refractivity contribution is 0.541. The van der Waals surface area contributed by atoms with Gasteiger partial charge in [-0.1, -0.05) is 33.5 Å². The molecule has 0 aromatic heterocycles. The maximum Gasteiger partial charge on any atom is 0.285 e. The molecule has 2 heteroatoms. The lowest BCUT2D eigenvalue weighted by atomic mass is 9.67. The van der Waals surface area contributed by atoms with Crippen LogP contribution < -0.4 is 0 Å². The summed E-state index contributed by atoms with van der Waals surface area (Å²) in [4.78, 5) is 0. The van der Waals surface area contributed by atoms with Crippen molar-refractivity contribution >= 4 is 6.92 Å². The van der Waals surface area contributed by atoms with Crippen LogP contribution in [0.25, 0.3) is 0 Å². The van der Waals surface area contributed by atoms with Gasteiger partial charge in [0.1, 0.15) is 0 Å². The van der Waals surface area contributed by atoms with Crippen LogP contribution in [0, 0.1) is 5.92 Å². The first-order chi connectivity index (χ1) is 4.13. The second kappa shape index (κ2) is 4.86. The minimum atomic E-state index is -0.108. The molecular formula is C7H17BO. The van der Waals surface area contributed by atoms with Crippen molar-refractivity contribution in [3.05, 3.63) is 0 Å². The van der Waals surface area contributed by atoms with Gasteiger partial charge in [-0.2, -0.15) is 0 Å². The normalized spacial score (nSPS) is 10.3. The molecule has 0 aliphatic heterocycles. The van der Waals surface area contributed by atoms with E-state index in [1.54, 1.807) is 0 Å². The second-order valence-electron chi connectivity index (χ2n) is 3.17. The third kappa shape index (κ3) is 8.02. The molecule has 0 unspecified atom stereocenters. The van der Waals surface area contributed by atoms with E-state index in [1.165, 1.54) is 6.42 Å². The molecule has 0 aliphatic rings. The van der Waals surface area contributed by atoms with E-state index in [-0.39, 0.29) is 6.92 Å². The summed E-state index contributed by atoms with van der Waals surface area (Å²) in [6, 6.07) is 0. The third-order valence-electron chi connectivity index (χ3n) is 1.40. The Labute approximate surface area is 58.6 Å². The minimum absolute atomic E-state index is 0.108. The van der Waals surface area contributed by atoms with Crippen LogP contribution >= 0.6 is 0 Å². The van der Waals surface area contributed by atoms with E-state index in [4.69, 9.17) is 5.02 Å². The summed E-state index contributed by atoms with van der Waals surface area (Å²) in [5.74, 6) is 0.781. The number of hydrogen-bond acceptors (Lipinski definition) is 1. The zero-order valence-electron chi connectivity index (χ0n) is 6.72. The maximum absolute atomic E-state index is 8.87. The fraction of sp³-hybridized carbons (Fsp3) is 1.00. The van der Waals surface area contributed by atoms with Gasteiger partial charge in [0.15, 0.2) is 0 Å². The summed E-state index contributed by atoms with van der Waals surface area (Å²) >= 11 is 0. The third-order valence-corrected chi connectivity index (χ3v) is 1.40. The van der Waals surface area contributed by atoms with Crippen LogP contribution in [0.3, 0.4) is 0 Å². The molecule has 0 fully saturated rings. The molecule has 0 saturated carbocycles. The highest BCUT2D eigenvalue weighted by Crippen LogP contribution is 2.07. The fourth-order valence-electron chi connectivity index (χ4n) is 0.822. The molecule has 0 aliphatic carbocycles. The Bertz CT molecular complexity index is 53.9. The molecule has 0 rings (SSSR count). The predicted octanol–water partition coefficient (Wildman–Crippen LogP) is 2.04. The summed E-state index contributed by atoms with van der Waals surface area (Å²) in [5.41, 5.74) is 0. The van der Waals surface area contributed by atoms with Crippen LogP contribution in [-0.2, 0) is 0 Å². The molecule has 1 N–H and O–H groups in total. The van der Waals surface area contributed by atoms with Crippen molar-refractivity contribution in [1.29, 1.82) is 0 Å². The molecule has 54 valence electrons. The standard InChI is InChI=1S/C7H17BO/c1-7(2)5-4-6-8(3)9/h7,9H,4-6H2,1-3H3. The molecule has 0 spiro atoms. The van der Waals surface area contributed by atoms with Gasteiger partial charge in [0, 0.05) is 0 Å². The van der Waals surface area contributed by atoms with Crippen LogP contribution in [0.5, 0.6) is 0 Å². The first-order valence-electron chi connectivity index (χ1n) is 3.81. The lowest BCUT2D eigenvalue weighted by Gasteiger charge is -2.02. The molecule has 0 bridgehead atoms. The van der Waals surface area contributed by atoms with Crippen LogP contribution in [-0.4, -0.2) is 11.9 Å². The molecule has 0 atom stereocenters. The van der Waals surface area contributed by atoms with E-state index in [0.29, 0.717) is 0 Å². The highest BCUT2D eigenvalue weighted by Gasteiger charge is 2.01. The van der Waals surface area contributed by atoms with Crippen molar-refractivity contribution in [2.45, 2.75) is 39.8 Å². The van der Waals surface area contributed by atoms with Gasteiger partial charge >= 0.3 is 0 Å². The summed E-state index contributed by atoms with van der Waals surface area (Å²) < 4.78 is 0. The molecule has 0 radical (unpaired) electrons. The largest absolute Gasteiger partial charge is 0.451 e. The highest BCUT2D eigenvalue weighted by atomic mass is 16.2. The van der Waals surface area contributed by atoms with Crippen molar-refractivity contribution < 1.29 is 5.02 Å². The van der Waals surface area contributed by atoms with Gasteiger partial charge in [0.25, 0.3) is 6.92 Å². The van der Waals surface area contributed by atoms with Crippen molar-refractivity contribution in [2.24, 2.45) is 5.92 Å². The second-order valence-corrected chi connectivity index (χ2v) is 3.17. The monoisotopic (exact) mass is 128 g/mol. The van der Waals surface area contributed by atoms with E-state index < -0.39 is 0 Å².